The quantitative estimate of drug-likeness (QED) is 0.472. The highest BCUT2D eigenvalue weighted by atomic mass is 32.2. The van der Waals surface area contributed by atoms with Crippen LogP contribution in [0.1, 0.15) is 23.0 Å². The van der Waals surface area contributed by atoms with Crippen LogP contribution >= 0.6 is 11.8 Å². The predicted molar refractivity (Wildman–Crippen MR) is 95.5 cm³/mol. The largest absolute Gasteiger partial charge is 0.466 e. The van der Waals surface area contributed by atoms with Gasteiger partial charge in [-0.25, -0.2) is 0 Å². The van der Waals surface area contributed by atoms with Crippen LogP contribution in [0.15, 0.2) is 48.8 Å². The molecule has 1 aromatic carbocycles. The Morgan fingerprint density at radius 3 is 2.35 bits per heavy atom. The standard InChI is InChI=1S/C18H16N4O3S/c1-10-4-6-13(7-5-10)16-20-22-18(25-16)26-9-15-19-21-17(24-15)14-8-11(2)23-12(14)3/h4-8H,9H2,1-3H3. The lowest BCUT2D eigenvalue weighted by Gasteiger charge is -1.95. The van der Waals surface area contributed by atoms with Gasteiger partial charge in [-0.3, -0.25) is 0 Å². The van der Waals surface area contributed by atoms with E-state index in [1.807, 2.05) is 51.1 Å². The summed E-state index contributed by atoms with van der Waals surface area (Å²) in [5.41, 5.74) is 2.88. The molecule has 26 heavy (non-hydrogen) atoms. The van der Waals surface area contributed by atoms with Gasteiger partial charge in [-0.1, -0.05) is 29.5 Å². The van der Waals surface area contributed by atoms with Crippen molar-refractivity contribution in [2.75, 3.05) is 0 Å². The lowest BCUT2D eigenvalue weighted by molar-refractivity contribution is 0.464. The molecule has 0 aliphatic rings. The summed E-state index contributed by atoms with van der Waals surface area (Å²) < 4.78 is 16.9. The van der Waals surface area contributed by atoms with Gasteiger partial charge in [0.15, 0.2) is 0 Å². The van der Waals surface area contributed by atoms with E-state index in [1.54, 1.807) is 0 Å². The highest BCUT2D eigenvalue weighted by molar-refractivity contribution is 7.98. The minimum Gasteiger partial charge on any atom is -0.466 e. The van der Waals surface area contributed by atoms with Gasteiger partial charge >= 0.3 is 0 Å². The maximum atomic E-state index is 5.70. The van der Waals surface area contributed by atoms with Crippen molar-refractivity contribution in [2.24, 2.45) is 0 Å². The molecule has 0 bridgehead atoms. The van der Waals surface area contributed by atoms with Crippen molar-refractivity contribution < 1.29 is 13.3 Å². The maximum absolute atomic E-state index is 5.70. The number of nitrogens with zero attached hydrogens (tertiary/aromatic N) is 4. The summed E-state index contributed by atoms with van der Waals surface area (Å²) in [5, 5.41) is 16.7. The molecule has 4 rings (SSSR count). The Hall–Kier alpha value is -2.87. The highest BCUT2D eigenvalue weighted by Gasteiger charge is 2.16. The lowest BCUT2D eigenvalue weighted by Crippen LogP contribution is -1.80. The van der Waals surface area contributed by atoms with E-state index in [4.69, 9.17) is 13.3 Å². The maximum Gasteiger partial charge on any atom is 0.277 e. The third-order valence-corrected chi connectivity index (χ3v) is 4.57. The van der Waals surface area contributed by atoms with Crippen LogP contribution in [0.25, 0.3) is 22.9 Å². The molecular weight excluding hydrogens is 352 g/mol. The van der Waals surface area contributed by atoms with Crippen molar-refractivity contribution in [1.82, 2.24) is 20.4 Å². The molecule has 0 aliphatic carbocycles. The second-order valence-corrected chi connectivity index (χ2v) is 6.78. The zero-order valence-corrected chi connectivity index (χ0v) is 15.3. The number of furan rings is 1. The summed E-state index contributed by atoms with van der Waals surface area (Å²) in [6.45, 7) is 5.78. The molecular formula is C18H16N4O3S. The van der Waals surface area contributed by atoms with Gasteiger partial charge < -0.3 is 13.3 Å². The molecule has 0 saturated carbocycles. The molecule has 4 aromatic rings. The molecule has 0 fully saturated rings. The average Bonchev–Trinajstić information content (AvgIpc) is 3.33. The fraction of sp³-hybridized carbons (Fsp3) is 0.222. The zero-order chi connectivity index (χ0) is 18.1. The Bertz CT molecular complexity index is 1030. The van der Waals surface area contributed by atoms with Gasteiger partial charge in [0.25, 0.3) is 11.1 Å². The summed E-state index contributed by atoms with van der Waals surface area (Å²) in [4.78, 5) is 0. The monoisotopic (exact) mass is 368 g/mol. The van der Waals surface area contributed by atoms with E-state index in [0.717, 1.165) is 22.6 Å². The fourth-order valence-electron chi connectivity index (χ4n) is 2.47. The van der Waals surface area contributed by atoms with Crippen LogP contribution in [-0.4, -0.2) is 20.4 Å². The summed E-state index contributed by atoms with van der Waals surface area (Å²) in [6.07, 6.45) is 0. The summed E-state index contributed by atoms with van der Waals surface area (Å²) in [6, 6.07) is 9.80. The van der Waals surface area contributed by atoms with E-state index in [2.05, 4.69) is 20.4 Å². The molecule has 0 radical (unpaired) electrons. The number of rotatable bonds is 5. The number of thioether (sulfide) groups is 1. The first-order chi connectivity index (χ1) is 12.6. The smallest absolute Gasteiger partial charge is 0.277 e. The molecule has 3 aromatic heterocycles. The molecule has 0 atom stereocenters. The molecule has 132 valence electrons. The number of aryl methyl sites for hydroxylation is 3. The van der Waals surface area contributed by atoms with Crippen molar-refractivity contribution >= 4 is 11.8 Å². The van der Waals surface area contributed by atoms with E-state index in [-0.39, 0.29) is 0 Å². The van der Waals surface area contributed by atoms with Crippen LogP contribution in [0, 0.1) is 20.8 Å². The first kappa shape index (κ1) is 16.6. The van der Waals surface area contributed by atoms with Crippen LogP contribution in [0.4, 0.5) is 0 Å². The van der Waals surface area contributed by atoms with Gasteiger partial charge in [0, 0.05) is 5.56 Å². The molecule has 8 heteroatoms. The van der Waals surface area contributed by atoms with Gasteiger partial charge in [-0.2, -0.15) is 0 Å². The first-order valence-electron chi connectivity index (χ1n) is 8.01. The Balaban J connectivity index is 1.43. The van der Waals surface area contributed by atoms with Gasteiger partial charge in [0.2, 0.25) is 11.8 Å². The minimum atomic E-state index is 0.443. The molecule has 7 nitrogen and oxygen atoms in total. The fourth-order valence-corrected chi connectivity index (χ4v) is 3.07. The number of hydrogen-bond acceptors (Lipinski definition) is 8. The Kier molecular flexibility index (Phi) is 4.34. The molecule has 0 saturated heterocycles. The molecule has 0 aliphatic heterocycles. The van der Waals surface area contributed by atoms with Crippen molar-refractivity contribution in [1.29, 1.82) is 0 Å². The van der Waals surface area contributed by atoms with Gasteiger partial charge in [0.05, 0.1) is 11.3 Å². The van der Waals surface area contributed by atoms with E-state index < -0.39 is 0 Å². The lowest BCUT2D eigenvalue weighted by atomic mass is 10.1. The Labute approximate surface area is 153 Å². The van der Waals surface area contributed by atoms with Gasteiger partial charge in [0.1, 0.15) is 11.5 Å². The second kappa shape index (κ2) is 6.80. The number of hydrogen-bond donors (Lipinski definition) is 0. The first-order valence-corrected chi connectivity index (χ1v) is 9.00. The Morgan fingerprint density at radius 1 is 0.846 bits per heavy atom. The van der Waals surface area contributed by atoms with E-state index in [9.17, 15) is 0 Å². The topological polar surface area (TPSA) is 91.0 Å². The Morgan fingerprint density at radius 2 is 1.62 bits per heavy atom. The van der Waals surface area contributed by atoms with Gasteiger partial charge in [-0.15, -0.1) is 20.4 Å². The molecule has 3 heterocycles. The summed E-state index contributed by atoms with van der Waals surface area (Å²) >= 11 is 1.35. The van der Waals surface area contributed by atoms with Crippen molar-refractivity contribution in [3.05, 3.63) is 53.3 Å². The van der Waals surface area contributed by atoms with Crippen LogP contribution in [0.3, 0.4) is 0 Å². The minimum absolute atomic E-state index is 0.443. The SMILES string of the molecule is Cc1ccc(-c2nnc(SCc3nnc(-c4cc(C)oc4C)o3)o2)cc1. The van der Waals surface area contributed by atoms with Crippen molar-refractivity contribution in [2.45, 2.75) is 31.7 Å². The predicted octanol–water partition coefficient (Wildman–Crippen LogP) is 4.60. The summed E-state index contributed by atoms with van der Waals surface area (Å²) in [7, 11) is 0. The highest BCUT2D eigenvalue weighted by Crippen LogP contribution is 2.28. The molecule has 0 spiro atoms. The average molecular weight is 368 g/mol. The van der Waals surface area contributed by atoms with Crippen molar-refractivity contribution in [3.63, 3.8) is 0 Å². The van der Waals surface area contributed by atoms with E-state index >= 15 is 0 Å². The zero-order valence-electron chi connectivity index (χ0n) is 14.5. The van der Waals surface area contributed by atoms with Crippen LogP contribution in [0.5, 0.6) is 0 Å². The van der Waals surface area contributed by atoms with Crippen LogP contribution in [-0.2, 0) is 5.75 Å². The third-order valence-electron chi connectivity index (χ3n) is 3.76. The molecule has 0 N–H and O–H groups in total. The second-order valence-electron chi connectivity index (χ2n) is 5.86. The normalized spacial score (nSPS) is 11.2. The molecule has 0 unspecified atom stereocenters. The van der Waals surface area contributed by atoms with Crippen LogP contribution in [0.2, 0.25) is 0 Å². The van der Waals surface area contributed by atoms with Crippen molar-refractivity contribution in [3.8, 4) is 22.9 Å². The van der Waals surface area contributed by atoms with E-state index in [1.165, 1.54) is 17.3 Å². The number of benzene rings is 1. The van der Waals surface area contributed by atoms with Crippen LogP contribution < -0.4 is 0 Å². The van der Waals surface area contributed by atoms with Gasteiger partial charge in [-0.05, 0) is 39.0 Å². The molecule has 0 amide bonds. The summed E-state index contributed by atoms with van der Waals surface area (Å²) in [5.74, 6) is 3.42. The third kappa shape index (κ3) is 3.41. The number of aromatic nitrogens is 4. The van der Waals surface area contributed by atoms with E-state index in [0.29, 0.717) is 28.6 Å².